The Kier molecular flexibility index (Phi) is 10.5. The van der Waals surface area contributed by atoms with Gasteiger partial charge in [-0.05, 0) is 64.5 Å². The molecule has 12 nitrogen and oxygen atoms in total. The minimum atomic E-state index is -1.23. The molecule has 186 valence electrons. The van der Waals surface area contributed by atoms with Gasteiger partial charge in [0.2, 0.25) is 17.7 Å². The fraction of sp³-hybridized carbons (Fsp3) is 0.762. The molecule has 0 bridgehead atoms. The second kappa shape index (κ2) is 13.1. The summed E-state index contributed by atoms with van der Waals surface area (Å²) in [4.78, 5) is 62.6. The van der Waals surface area contributed by atoms with Gasteiger partial charge in [0.15, 0.2) is 0 Å². The highest BCUT2D eigenvalue weighted by atomic mass is 16.4. The van der Waals surface area contributed by atoms with Crippen LogP contribution in [0.4, 0.5) is 0 Å². The van der Waals surface area contributed by atoms with E-state index >= 15 is 0 Å². The van der Waals surface area contributed by atoms with Crippen LogP contribution in [0.1, 0.15) is 57.8 Å². The summed E-state index contributed by atoms with van der Waals surface area (Å²) in [6.07, 6.45) is 3.34. The van der Waals surface area contributed by atoms with E-state index in [0.29, 0.717) is 45.2 Å². The Bertz CT molecular complexity index is 726. The number of unbranched alkanes of at least 4 members (excludes halogenated alkanes) is 1. The lowest BCUT2D eigenvalue weighted by Gasteiger charge is -2.28. The first-order valence-corrected chi connectivity index (χ1v) is 11.5. The van der Waals surface area contributed by atoms with E-state index in [0.717, 1.165) is 13.0 Å². The largest absolute Gasteiger partial charge is 0.481 e. The molecule has 0 aromatic carbocycles. The lowest BCUT2D eigenvalue weighted by Crippen LogP contribution is -2.56. The van der Waals surface area contributed by atoms with Crippen molar-refractivity contribution >= 4 is 29.7 Å². The van der Waals surface area contributed by atoms with Gasteiger partial charge in [-0.1, -0.05) is 0 Å². The maximum atomic E-state index is 13.0. The van der Waals surface area contributed by atoms with E-state index in [9.17, 15) is 29.1 Å². The van der Waals surface area contributed by atoms with Crippen LogP contribution in [0.25, 0.3) is 0 Å². The Morgan fingerprint density at radius 2 is 1.76 bits per heavy atom. The smallest absolute Gasteiger partial charge is 0.326 e. The number of amides is 3. The van der Waals surface area contributed by atoms with E-state index in [1.54, 1.807) is 0 Å². The van der Waals surface area contributed by atoms with E-state index < -0.39 is 41.9 Å². The molecule has 0 aliphatic carbocycles. The number of carbonyl (C=O) groups is 5. The fourth-order valence-electron chi connectivity index (χ4n) is 4.23. The van der Waals surface area contributed by atoms with Crippen LogP contribution >= 0.6 is 0 Å². The number of hydrogen-bond acceptors (Lipinski definition) is 7. The topological polar surface area (TPSA) is 191 Å². The average molecular weight is 470 g/mol. The molecular formula is C21H35N5O7. The maximum Gasteiger partial charge on any atom is 0.326 e. The number of carboxylic acids is 2. The second-order valence-electron chi connectivity index (χ2n) is 8.52. The van der Waals surface area contributed by atoms with Gasteiger partial charge in [0.1, 0.15) is 18.1 Å². The number of rotatable bonds is 13. The minimum Gasteiger partial charge on any atom is -0.481 e. The van der Waals surface area contributed by atoms with Crippen molar-refractivity contribution in [2.24, 2.45) is 5.73 Å². The first-order chi connectivity index (χ1) is 15.7. The summed E-state index contributed by atoms with van der Waals surface area (Å²) < 4.78 is 0. The van der Waals surface area contributed by atoms with Crippen LogP contribution in [0, 0.1) is 0 Å². The van der Waals surface area contributed by atoms with Crippen LogP contribution in [0.15, 0.2) is 0 Å². The Morgan fingerprint density at radius 3 is 2.36 bits per heavy atom. The molecule has 4 unspecified atom stereocenters. The van der Waals surface area contributed by atoms with E-state index in [4.69, 9.17) is 10.8 Å². The molecule has 0 aromatic rings. The summed E-state index contributed by atoms with van der Waals surface area (Å²) in [6.45, 7) is 1.57. The van der Waals surface area contributed by atoms with E-state index in [2.05, 4.69) is 16.0 Å². The number of carbonyl (C=O) groups excluding carboxylic acids is 3. The zero-order valence-electron chi connectivity index (χ0n) is 18.8. The first kappa shape index (κ1) is 26.5. The van der Waals surface area contributed by atoms with Crippen LogP contribution in [0.2, 0.25) is 0 Å². The van der Waals surface area contributed by atoms with Crippen molar-refractivity contribution in [3.8, 4) is 0 Å². The summed E-state index contributed by atoms with van der Waals surface area (Å²) in [6, 6.07) is -3.48. The molecule has 2 aliphatic rings. The molecule has 0 radical (unpaired) electrons. The van der Waals surface area contributed by atoms with Crippen molar-refractivity contribution in [2.45, 2.75) is 82.0 Å². The number of nitrogens with zero attached hydrogens (tertiary/aromatic N) is 1. The predicted octanol–water partition coefficient (Wildman–Crippen LogP) is -1.22. The van der Waals surface area contributed by atoms with Crippen molar-refractivity contribution < 1.29 is 34.2 Å². The summed E-state index contributed by atoms with van der Waals surface area (Å²) in [5.41, 5.74) is 5.43. The fourth-order valence-corrected chi connectivity index (χ4v) is 4.23. The van der Waals surface area contributed by atoms with Crippen LogP contribution in [-0.2, 0) is 24.0 Å². The maximum absolute atomic E-state index is 13.0. The molecule has 0 spiro atoms. The van der Waals surface area contributed by atoms with Crippen LogP contribution < -0.4 is 21.7 Å². The molecule has 2 saturated heterocycles. The molecule has 2 rings (SSSR count). The molecule has 7 N–H and O–H groups in total. The zero-order chi connectivity index (χ0) is 24.4. The standard InChI is InChI=1S/C21H35N5O7/c22-10-2-1-5-15(21(32)33)25-18(29)13(8-9-17(27)28)24-19(30)16-7-4-12-26(16)20(31)14-6-3-11-23-14/h13-16,23H,1-12,22H2,(H,24,30)(H,25,29)(H,27,28)(H,32,33). The van der Waals surface area contributed by atoms with Gasteiger partial charge in [0, 0.05) is 13.0 Å². The highest BCUT2D eigenvalue weighted by Gasteiger charge is 2.39. The quantitative estimate of drug-likeness (QED) is 0.179. The third kappa shape index (κ3) is 7.97. The van der Waals surface area contributed by atoms with Crippen LogP contribution in [0.3, 0.4) is 0 Å². The van der Waals surface area contributed by atoms with Gasteiger partial charge in [-0.2, -0.15) is 0 Å². The third-order valence-corrected chi connectivity index (χ3v) is 6.04. The summed E-state index contributed by atoms with van der Waals surface area (Å²) in [7, 11) is 0. The molecule has 12 heteroatoms. The third-order valence-electron chi connectivity index (χ3n) is 6.04. The number of hydrogen-bond donors (Lipinski definition) is 6. The molecule has 4 atom stereocenters. The van der Waals surface area contributed by atoms with E-state index in [1.165, 1.54) is 4.90 Å². The predicted molar refractivity (Wildman–Crippen MR) is 117 cm³/mol. The SMILES string of the molecule is NCCCCC(NC(=O)C(CCC(=O)O)NC(=O)C1CCCN1C(=O)C1CCCN1)C(=O)O. The Morgan fingerprint density at radius 1 is 1.00 bits per heavy atom. The van der Waals surface area contributed by atoms with Crippen LogP contribution in [-0.4, -0.2) is 88.6 Å². The van der Waals surface area contributed by atoms with Crippen molar-refractivity contribution in [3.05, 3.63) is 0 Å². The highest BCUT2D eigenvalue weighted by Crippen LogP contribution is 2.21. The van der Waals surface area contributed by atoms with Crippen molar-refractivity contribution in [1.29, 1.82) is 0 Å². The average Bonchev–Trinajstić information content (AvgIpc) is 3.47. The Hall–Kier alpha value is -2.73. The van der Waals surface area contributed by atoms with Gasteiger partial charge in [0.05, 0.1) is 6.04 Å². The van der Waals surface area contributed by atoms with E-state index in [-0.39, 0.29) is 31.2 Å². The highest BCUT2D eigenvalue weighted by molar-refractivity contribution is 5.94. The number of aliphatic carboxylic acids is 2. The monoisotopic (exact) mass is 469 g/mol. The van der Waals surface area contributed by atoms with Gasteiger partial charge in [-0.15, -0.1) is 0 Å². The summed E-state index contributed by atoms with van der Waals surface area (Å²) in [5.74, 6) is -3.83. The normalized spacial score (nSPS) is 21.9. The van der Waals surface area contributed by atoms with Gasteiger partial charge in [-0.3, -0.25) is 19.2 Å². The Labute approximate surface area is 192 Å². The molecular weight excluding hydrogens is 434 g/mol. The Balaban J connectivity index is 2.05. The molecule has 0 aromatic heterocycles. The first-order valence-electron chi connectivity index (χ1n) is 11.5. The van der Waals surface area contributed by atoms with Gasteiger partial charge in [0.25, 0.3) is 0 Å². The number of nitrogens with one attached hydrogen (secondary N) is 3. The minimum absolute atomic E-state index is 0.150. The van der Waals surface area contributed by atoms with Crippen molar-refractivity contribution in [1.82, 2.24) is 20.9 Å². The van der Waals surface area contributed by atoms with Crippen LogP contribution in [0.5, 0.6) is 0 Å². The number of carboxylic acid groups (broad SMARTS) is 2. The second-order valence-corrected chi connectivity index (χ2v) is 8.52. The van der Waals surface area contributed by atoms with Gasteiger partial charge >= 0.3 is 11.9 Å². The number of nitrogens with two attached hydrogens (primary N) is 1. The van der Waals surface area contributed by atoms with Crippen molar-refractivity contribution in [2.75, 3.05) is 19.6 Å². The van der Waals surface area contributed by atoms with Gasteiger partial charge in [-0.25, -0.2) is 4.79 Å². The molecule has 3 amide bonds. The number of likely N-dealkylation sites (tertiary alicyclic amines) is 1. The summed E-state index contributed by atoms with van der Waals surface area (Å²) >= 11 is 0. The summed E-state index contributed by atoms with van der Waals surface area (Å²) in [5, 5.41) is 26.5. The molecule has 2 aliphatic heterocycles. The van der Waals surface area contributed by atoms with Crippen molar-refractivity contribution in [3.63, 3.8) is 0 Å². The molecule has 33 heavy (non-hydrogen) atoms. The lowest BCUT2D eigenvalue weighted by atomic mass is 10.1. The van der Waals surface area contributed by atoms with E-state index in [1.807, 2.05) is 0 Å². The lowest BCUT2D eigenvalue weighted by molar-refractivity contribution is -0.144. The molecule has 2 heterocycles. The van der Waals surface area contributed by atoms with Gasteiger partial charge < -0.3 is 36.8 Å². The zero-order valence-corrected chi connectivity index (χ0v) is 18.8. The molecule has 2 fully saturated rings. The molecule has 0 saturated carbocycles.